The number of urea groups is 1. The first-order valence-electron chi connectivity index (χ1n) is 5.97. The fourth-order valence-electron chi connectivity index (χ4n) is 1.91. The van der Waals surface area contributed by atoms with E-state index in [1.807, 2.05) is 31.2 Å². The highest BCUT2D eigenvalue weighted by molar-refractivity contribution is 5.89. The summed E-state index contributed by atoms with van der Waals surface area (Å²) in [5, 5.41) is 5.62. The Bertz CT molecular complexity index is 387. The van der Waals surface area contributed by atoms with Gasteiger partial charge in [0.25, 0.3) is 0 Å². The van der Waals surface area contributed by atoms with Gasteiger partial charge in [0.1, 0.15) is 0 Å². The number of aryl methyl sites for hydroxylation is 1. The minimum absolute atomic E-state index is 0.175. The molecule has 1 saturated heterocycles. The van der Waals surface area contributed by atoms with Gasteiger partial charge >= 0.3 is 6.03 Å². The lowest BCUT2D eigenvalue weighted by molar-refractivity contribution is 0.112. The molecule has 1 aliphatic heterocycles. The predicted molar refractivity (Wildman–Crippen MR) is 67.2 cm³/mol. The highest BCUT2D eigenvalue weighted by Crippen LogP contribution is 2.11. The summed E-state index contributed by atoms with van der Waals surface area (Å²) in [4.78, 5) is 11.6. The van der Waals surface area contributed by atoms with E-state index in [4.69, 9.17) is 4.74 Å². The van der Waals surface area contributed by atoms with Crippen molar-refractivity contribution >= 4 is 11.7 Å². The fraction of sp³-hybridized carbons (Fsp3) is 0.462. The van der Waals surface area contributed by atoms with E-state index in [1.165, 1.54) is 0 Å². The fourth-order valence-corrected chi connectivity index (χ4v) is 1.91. The average Bonchev–Trinajstić information content (AvgIpc) is 2.79. The van der Waals surface area contributed by atoms with Crippen molar-refractivity contribution < 1.29 is 9.53 Å². The Morgan fingerprint density at radius 2 is 2.41 bits per heavy atom. The first-order chi connectivity index (χ1) is 8.24. The predicted octanol–water partition coefficient (Wildman–Crippen LogP) is 2.30. The molecule has 1 heterocycles. The number of amides is 2. The molecule has 0 bridgehead atoms. The molecule has 1 aromatic rings. The van der Waals surface area contributed by atoms with Gasteiger partial charge in [-0.2, -0.15) is 0 Å². The van der Waals surface area contributed by atoms with Crippen molar-refractivity contribution in [2.24, 2.45) is 0 Å². The van der Waals surface area contributed by atoms with E-state index in [9.17, 15) is 4.79 Å². The monoisotopic (exact) mass is 234 g/mol. The zero-order valence-electron chi connectivity index (χ0n) is 10.0. The van der Waals surface area contributed by atoms with Gasteiger partial charge in [0.15, 0.2) is 0 Å². The van der Waals surface area contributed by atoms with Crippen molar-refractivity contribution in [3.8, 4) is 0 Å². The summed E-state index contributed by atoms with van der Waals surface area (Å²) in [6.45, 7) is 3.39. The number of carbonyl (C=O) groups is 1. The first-order valence-corrected chi connectivity index (χ1v) is 5.97. The van der Waals surface area contributed by atoms with Crippen LogP contribution in [0.15, 0.2) is 24.3 Å². The Kier molecular flexibility index (Phi) is 3.98. The largest absolute Gasteiger partial charge is 0.376 e. The van der Waals surface area contributed by atoms with Crippen LogP contribution in [0.5, 0.6) is 0 Å². The zero-order valence-corrected chi connectivity index (χ0v) is 10.0. The number of rotatable bonds is 3. The molecule has 0 radical (unpaired) electrons. The van der Waals surface area contributed by atoms with Crippen molar-refractivity contribution in [2.75, 3.05) is 18.5 Å². The quantitative estimate of drug-likeness (QED) is 0.843. The number of carbonyl (C=O) groups excluding carboxylic acids is 1. The summed E-state index contributed by atoms with van der Waals surface area (Å²) >= 11 is 0. The molecule has 0 spiro atoms. The van der Waals surface area contributed by atoms with Crippen molar-refractivity contribution in [3.05, 3.63) is 29.8 Å². The molecular weight excluding hydrogens is 216 g/mol. The smallest absolute Gasteiger partial charge is 0.319 e. The van der Waals surface area contributed by atoms with E-state index in [0.29, 0.717) is 6.54 Å². The molecule has 2 N–H and O–H groups in total. The molecule has 1 aromatic carbocycles. The summed E-state index contributed by atoms with van der Waals surface area (Å²) in [5.41, 5.74) is 1.94. The summed E-state index contributed by atoms with van der Waals surface area (Å²) < 4.78 is 5.43. The lowest BCUT2D eigenvalue weighted by Crippen LogP contribution is -2.35. The normalized spacial score (nSPS) is 19.0. The second-order valence-corrected chi connectivity index (χ2v) is 4.34. The van der Waals surface area contributed by atoms with Crippen LogP contribution in [-0.2, 0) is 4.74 Å². The van der Waals surface area contributed by atoms with Gasteiger partial charge in [-0.25, -0.2) is 4.79 Å². The molecule has 2 rings (SSSR count). The van der Waals surface area contributed by atoms with Crippen LogP contribution in [0.4, 0.5) is 10.5 Å². The third-order valence-corrected chi connectivity index (χ3v) is 2.79. The van der Waals surface area contributed by atoms with Gasteiger partial charge in [-0.15, -0.1) is 0 Å². The van der Waals surface area contributed by atoms with Crippen molar-refractivity contribution in [1.82, 2.24) is 5.32 Å². The zero-order chi connectivity index (χ0) is 12.1. The van der Waals surface area contributed by atoms with Gasteiger partial charge in [-0.05, 0) is 37.5 Å². The summed E-state index contributed by atoms with van der Waals surface area (Å²) in [6.07, 6.45) is 2.30. The molecule has 1 fully saturated rings. The van der Waals surface area contributed by atoms with Crippen molar-refractivity contribution in [1.29, 1.82) is 0 Å². The van der Waals surface area contributed by atoms with E-state index in [2.05, 4.69) is 10.6 Å². The van der Waals surface area contributed by atoms with E-state index >= 15 is 0 Å². The molecular formula is C13H18N2O2. The Labute approximate surface area is 101 Å². The topological polar surface area (TPSA) is 50.4 Å². The molecule has 0 aliphatic carbocycles. The third kappa shape index (κ3) is 3.75. The molecule has 1 atom stereocenters. The minimum atomic E-state index is -0.175. The van der Waals surface area contributed by atoms with Crippen molar-refractivity contribution in [2.45, 2.75) is 25.9 Å². The Morgan fingerprint density at radius 1 is 1.53 bits per heavy atom. The maximum absolute atomic E-state index is 11.6. The molecule has 92 valence electrons. The highest BCUT2D eigenvalue weighted by atomic mass is 16.5. The van der Waals surface area contributed by atoms with Crippen LogP contribution in [-0.4, -0.2) is 25.3 Å². The summed E-state index contributed by atoms with van der Waals surface area (Å²) in [7, 11) is 0. The van der Waals surface area contributed by atoms with Crippen molar-refractivity contribution in [3.63, 3.8) is 0 Å². The maximum atomic E-state index is 11.6. The van der Waals surface area contributed by atoms with Crippen LogP contribution < -0.4 is 10.6 Å². The molecule has 4 nitrogen and oxygen atoms in total. The molecule has 2 amide bonds. The van der Waals surface area contributed by atoms with Crippen LogP contribution in [0, 0.1) is 6.92 Å². The van der Waals surface area contributed by atoms with Gasteiger partial charge in [0.2, 0.25) is 0 Å². The van der Waals surface area contributed by atoms with E-state index < -0.39 is 0 Å². The highest BCUT2D eigenvalue weighted by Gasteiger charge is 2.15. The van der Waals surface area contributed by atoms with Gasteiger partial charge < -0.3 is 15.4 Å². The van der Waals surface area contributed by atoms with Crippen LogP contribution in [0.2, 0.25) is 0 Å². The lowest BCUT2D eigenvalue weighted by atomic mass is 10.2. The second-order valence-electron chi connectivity index (χ2n) is 4.34. The number of hydrogen-bond acceptors (Lipinski definition) is 2. The molecule has 0 unspecified atom stereocenters. The number of anilines is 1. The summed E-state index contributed by atoms with van der Waals surface area (Å²) in [5.74, 6) is 0. The average molecular weight is 234 g/mol. The number of hydrogen-bond donors (Lipinski definition) is 2. The molecule has 0 saturated carbocycles. The van der Waals surface area contributed by atoms with E-state index in [-0.39, 0.29) is 12.1 Å². The van der Waals surface area contributed by atoms with E-state index in [0.717, 1.165) is 30.7 Å². The maximum Gasteiger partial charge on any atom is 0.319 e. The molecule has 4 heteroatoms. The number of benzene rings is 1. The van der Waals surface area contributed by atoms with Gasteiger partial charge in [-0.1, -0.05) is 12.1 Å². The molecule has 0 aromatic heterocycles. The van der Waals surface area contributed by atoms with Gasteiger partial charge in [0, 0.05) is 18.8 Å². The third-order valence-electron chi connectivity index (χ3n) is 2.79. The van der Waals surface area contributed by atoms with Crippen LogP contribution in [0.1, 0.15) is 18.4 Å². The lowest BCUT2D eigenvalue weighted by Gasteiger charge is -2.11. The van der Waals surface area contributed by atoms with Crippen LogP contribution >= 0.6 is 0 Å². The number of ether oxygens (including phenoxy) is 1. The minimum Gasteiger partial charge on any atom is -0.376 e. The van der Waals surface area contributed by atoms with E-state index in [1.54, 1.807) is 0 Å². The van der Waals surface area contributed by atoms with Gasteiger partial charge in [-0.3, -0.25) is 0 Å². The second kappa shape index (κ2) is 5.68. The summed E-state index contributed by atoms with van der Waals surface area (Å²) in [6, 6.07) is 7.55. The SMILES string of the molecule is Cc1cccc(NC(=O)NC[C@H]2CCCO2)c1. The first kappa shape index (κ1) is 11.9. The van der Waals surface area contributed by atoms with Crippen LogP contribution in [0.3, 0.4) is 0 Å². The van der Waals surface area contributed by atoms with Gasteiger partial charge in [0.05, 0.1) is 6.10 Å². The molecule has 1 aliphatic rings. The Hall–Kier alpha value is -1.55. The standard InChI is InChI=1S/C13H18N2O2/c1-10-4-2-5-11(8-10)15-13(16)14-9-12-6-3-7-17-12/h2,4-5,8,12H,3,6-7,9H2,1H3,(H2,14,15,16)/t12-/m1/s1. The Balaban J connectivity index is 1.76. The molecule has 17 heavy (non-hydrogen) atoms. The number of nitrogens with one attached hydrogen (secondary N) is 2. The Morgan fingerprint density at radius 3 is 3.12 bits per heavy atom. The van der Waals surface area contributed by atoms with Crippen LogP contribution in [0.25, 0.3) is 0 Å².